The van der Waals surface area contributed by atoms with E-state index in [0.717, 1.165) is 12.6 Å². The highest BCUT2D eigenvalue weighted by atomic mass is 16.3. The molecule has 0 aromatic carbocycles. The van der Waals surface area contributed by atoms with Crippen molar-refractivity contribution in [2.45, 2.75) is 44.8 Å². The van der Waals surface area contributed by atoms with E-state index < -0.39 is 0 Å². The second kappa shape index (κ2) is 3.47. The highest BCUT2D eigenvalue weighted by Gasteiger charge is 2.47. The standard InChI is InChI=1S/C11H22N2O/c1-4-12-6-10-5-9(12)7-13(10)11(2,3)8-14/h9-10,14H,4-8H2,1-3H3. The van der Waals surface area contributed by atoms with Crippen LogP contribution in [0.3, 0.4) is 0 Å². The van der Waals surface area contributed by atoms with Crippen LogP contribution >= 0.6 is 0 Å². The molecule has 0 aromatic rings. The minimum Gasteiger partial charge on any atom is -0.394 e. The lowest BCUT2D eigenvalue weighted by Crippen LogP contribution is -2.56. The first-order valence-corrected chi connectivity index (χ1v) is 5.70. The smallest absolute Gasteiger partial charge is 0.0610 e. The molecule has 2 heterocycles. The van der Waals surface area contributed by atoms with Gasteiger partial charge in [0.2, 0.25) is 0 Å². The number of likely N-dealkylation sites (N-methyl/N-ethyl adjacent to an activating group) is 1. The molecule has 0 radical (unpaired) electrons. The van der Waals surface area contributed by atoms with Crippen LogP contribution in [0.1, 0.15) is 27.2 Å². The number of nitrogens with zero attached hydrogens (tertiary/aromatic N) is 2. The Morgan fingerprint density at radius 2 is 2.00 bits per heavy atom. The van der Waals surface area contributed by atoms with Gasteiger partial charge in [-0.3, -0.25) is 9.80 Å². The van der Waals surface area contributed by atoms with Crippen molar-refractivity contribution in [1.82, 2.24) is 9.80 Å². The summed E-state index contributed by atoms with van der Waals surface area (Å²) in [5, 5.41) is 9.35. The summed E-state index contributed by atoms with van der Waals surface area (Å²) < 4.78 is 0. The lowest BCUT2D eigenvalue weighted by atomic mass is 10.0. The van der Waals surface area contributed by atoms with Crippen LogP contribution in [0.15, 0.2) is 0 Å². The molecule has 0 amide bonds. The Kier molecular flexibility index (Phi) is 2.58. The zero-order valence-corrected chi connectivity index (χ0v) is 9.53. The van der Waals surface area contributed by atoms with Crippen LogP contribution in [0.4, 0.5) is 0 Å². The van der Waals surface area contributed by atoms with Crippen molar-refractivity contribution in [2.75, 3.05) is 26.2 Å². The molecular formula is C11H22N2O. The molecule has 0 aromatic heterocycles. The lowest BCUT2D eigenvalue weighted by Gasteiger charge is -2.42. The molecule has 0 aliphatic carbocycles. The zero-order valence-electron chi connectivity index (χ0n) is 9.53. The molecule has 2 rings (SSSR count). The highest BCUT2D eigenvalue weighted by molar-refractivity contribution is 5.03. The van der Waals surface area contributed by atoms with Crippen molar-refractivity contribution >= 4 is 0 Å². The molecule has 3 nitrogen and oxygen atoms in total. The molecule has 2 aliphatic heterocycles. The fraction of sp³-hybridized carbons (Fsp3) is 1.00. The van der Waals surface area contributed by atoms with E-state index in [4.69, 9.17) is 0 Å². The Hall–Kier alpha value is -0.120. The van der Waals surface area contributed by atoms with Crippen LogP contribution < -0.4 is 0 Å². The third kappa shape index (κ3) is 1.47. The number of aliphatic hydroxyl groups excluding tert-OH is 1. The molecule has 1 N–H and O–H groups in total. The minimum absolute atomic E-state index is 0.0285. The fourth-order valence-corrected chi connectivity index (χ4v) is 2.97. The van der Waals surface area contributed by atoms with Gasteiger partial charge in [0.15, 0.2) is 0 Å². The normalized spacial score (nSPS) is 34.3. The zero-order chi connectivity index (χ0) is 10.3. The van der Waals surface area contributed by atoms with E-state index in [2.05, 4.69) is 30.6 Å². The summed E-state index contributed by atoms with van der Waals surface area (Å²) in [5.41, 5.74) is -0.0285. The van der Waals surface area contributed by atoms with Gasteiger partial charge in [-0.2, -0.15) is 0 Å². The quantitative estimate of drug-likeness (QED) is 0.717. The van der Waals surface area contributed by atoms with Crippen LogP contribution in [0, 0.1) is 0 Å². The topological polar surface area (TPSA) is 26.7 Å². The first-order chi connectivity index (χ1) is 6.58. The summed E-state index contributed by atoms with van der Waals surface area (Å²) >= 11 is 0. The molecule has 2 saturated heterocycles. The van der Waals surface area contributed by atoms with Gasteiger partial charge < -0.3 is 5.11 Å². The Morgan fingerprint density at radius 3 is 2.43 bits per heavy atom. The number of hydrogen-bond acceptors (Lipinski definition) is 3. The molecule has 0 spiro atoms. The van der Waals surface area contributed by atoms with E-state index in [0.29, 0.717) is 6.04 Å². The Labute approximate surface area is 86.7 Å². The summed E-state index contributed by atoms with van der Waals surface area (Å²) in [5.74, 6) is 0. The van der Waals surface area contributed by atoms with Crippen molar-refractivity contribution in [3.05, 3.63) is 0 Å². The van der Waals surface area contributed by atoms with Gasteiger partial charge in [0.25, 0.3) is 0 Å². The maximum Gasteiger partial charge on any atom is 0.0610 e. The SMILES string of the molecule is CCN1CC2CC1CN2C(C)(C)CO. The van der Waals surface area contributed by atoms with E-state index in [1.807, 2.05) is 0 Å². The minimum atomic E-state index is -0.0285. The monoisotopic (exact) mass is 198 g/mol. The van der Waals surface area contributed by atoms with Gasteiger partial charge >= 0.3 is 0 Å². The molecular weight excluding hydrogens is 176 g/mol. The number of piperazine rings is 1. The van der Waals surface area contributed by atoms with Crippen LogP contribution in [-0.4, -0.2) is 58.8 Å². The van der Waals surface area contributed by atoms with Crippen LogP contribution in [0.5, 0.6) is 0 Å². The molecule has 82 valence electrons. The van der Waals surface area contributed by atoms with Crippen LogP contribution in [-0.2, 0) is 0 Å². The second-order valence-electron chi connectivity index (χ2n) is 5.25. The molecule has 2 atom stereocenters. The molecule has 2 bridgehead atoms. The Balaban J connectivity index is 2.03. The van der Waals surface area contributed by atoms with Crippen molar-refractivity contribution in [3.63, 3.8) is 0 Å². The van der Waals surface area contributed by atoms with Crippen LogP contribution in [0.25, 0.3) is 0 Å². The predicted octanol–water partition coefficient (Wildman–Crippen LogP) is 0.536. The molecule has 2 aliphatic rings. The second-order valence-corrected chi connectivity index (χ2v) is 5.25. The molecule has 3 heteroatoms. The maximum atomic E-state index is 9.35. The summed E-state index contributed by atoms with van der Waals surface area (Å²) in [4.78, 5) is 5.05. The third-order valence-corrected chi connectivity index (χ3v) is 3.92. The average molecular weight is 198 g/mol. The summed E-state index contributed by atoms with van der Waals surface area (Å²) in [6.45, 7) is 10.3. The maximum absolute atomic E-state index is 9.35. The summed E-state index contributed by atoms with van der Waals surface area (Å²) in [6.07, 6.45) is 1.30. The molecule has 0 saturated carbocycles. The first kappa shape index (κ1) is 10.4. The number of hydrogen-bond donors (Lipinski definition) is 1. The first-order valence-electron chi connectivity index (χ1n) is 5.70. The van der Waals surface area contributed by atoms with Crippen molar-refractivity contribution < 1.29 is 5.11 Å². The van der Waals surface area contributed by atoms with Gasteiger partial charge in [-0.1, -0.05) is 6.92 Å². The van der Waals surface area contributed by atoms with Gasteiger partial charge in [-0.25, -0.2) is 0 Å². The van der Waals surface area contributed by atoms with E-state index in [-0.39, 0.29) is 12.1 Å². The molecule has 2 fully saturated rings. The van der Waals surface area contributed by atoms with Gasteiger partial charge in [0.1, 0.15) is 0 Å². The molecule has 2 unspecified atom stereocenters. The Bertz CT molecular complexity index is 217. The number of likely N-dealkylation sites (tertiary alicyclic amines) is 2. The molecule has 14 heavy (non-hydrogen) atoms. The third-order valence-electron chi connectivity index (χ3n) is 3.92. The van der Waals surface area contributed by atoms with E-state index in [9.17, 15) is 5.11 Å². The van der Waals surface area contributed by atoms with Gasteiger partial charge in [-0.15, -0.1) is 0 Å². The van der Waals surface area contributed by atoms with Crippen LogP contribution in [0.2, 0.25) is 0 Å². The Morgan fingerprint density at radius 1 is 1.29 bits per heavy atom. The van der Waals surface area contributed by atoms with Gasteiger partial charge in [0.05, 0.1) is 6.61 Å². The van der Waals surface area contributed by atoms with Gasteiger partial charge in [0, 0.05) is 30.7 Å². The van der Waals surface area contributed by atoms with Crippen molar-refractivity contribution in [3.8, 4) is 0 Å². The largest absolute Gasteiger partial charge is 0.394 e. The summed E-state index contributed by atoms with van der Waals surface area (Å²) in [7, 11) is 0. The van der Waals surface area contributed by atoms with Crippen molar-refractivity contribution in [2.24, 2.45) is 0 Å². The van der Waals surface area contributed by atoms with E-state index in [1.54, 1.807) is 0 Å². The number of rotatable bonds is 3. The number of fused-ring (bicyclic) bond motifs is 2. The van der Waals surface area contributed by atoms with E-state index in [1.165, 1.54) is 19.5 Å². The van der Waals surface area contributed by atoms with Gasteiger partial charge in [-0.05, 0) is 26.8 Å². The highest BCUT2D eigenvalue weighted by Crippen LogP contribution is 2.35. The van der Waals surface area contributed by atoms with E-state index >= 15 is 0 Å². The number of aliphatic hydroxyl groups is 1. The predicted molar refractivity (Wildman–Crippen MR) is 57.3 cm³/mol. The summed E-state index contributed by atoms with van der Waals surface area (Å²) in [6, 6.07) is 1.43. The average Bonchev–Trinajstić information content (AvgIpc) is 2.75. The lowest BCUT2D eigenvalue weighted by molar-refractivity contribution is 0.0132. The van der Waals surface area contributed by atoms with Crippen molar-refractivity contribution in [1.29, 1.82) is 0 Å². The fourth-order valence-electron chi connectivity index (χ4n) is 2.97.